The first-order valence-electron chi connectivity index (χ1n) is 8.55. The molecule has 1 aliphatic heterocycles. The normalized spacial score (nSPS) is 16.8. The molecule has 1 atom stereocenters. The number of nitro benzene ring substituents is 1. The van der Waals surface area contributed by atoms with Crippen LogP contribution in [0.1, 0.15) is 29.0 Å². The Labute approximate surface area is 155 Å². The van der Waals surface area contributed by atoms with E-state index in [0.717, 1.165) is 6.42 Å². The number of esters is 1. The van der Waals surface area contributed by atoms with Crippen molar-refractivity contribution >= 4 is 23.1 Å². The van der Waals surface area contributed by atoms with Gasteiger partial charge < -0.3 is 14.2 Å². The van der Waals surface area contributed by atoms with Gasteiger partial charge in [-0.05, 0) is 25.0 Å². The summed E-state index contributed by atoms with van der Waals surface area (Å²) < 4.78 is 6.36. The number of imidazole rings is 1. The van der Waals surface area contributed by atoms with Crippen LogP contribution in [0.4, 0.5) is 11.4 Å². The van der Waals surface area contributed by atoms with Crippen molar-refractivity contribution < 1.29 is 19.2 Å². The second-order valence-corrected chi connectivity index (χ2v) is 6.46. The standard InChI is InChI=1S/C18H20N4O5/c1-20-9-7-19-17(20)16(23)12-5-6-14(15(10-12)22(25)26)21-8-3-4-13(11-21)18(24)27-2/h5-7,9-10,13H,3-4,8,11H2,1-2H3/t13-/m1/s1. The van der Waals surface area contributed by atoms with Crippen molar-refractivity contribution in [2.24, 2.45) is 13.0 Å². The highest BCUT2D eigenvalue weighted by molar-refractivity contribution is 6.07. The molecule has 2 heterocycles. The molecular formula is C18H20N4O5. The van der Waals surface area contributed by atoms with Crippen LogP contribution in [0.2, 0.25) is 0 Å². The van der Waals surface area contributed by atoms with Gasteiger partial charge in [-0.15, -0.1) is 0 Å². The summed E-state index contributed by atoms with van der Waals surface area (Å²) in [5.41, 5.74) is 0.423. The number of aryl methyl sites for hydroxylation is 1. The zero-order valence-electron chi connectivity index (χ0n) is 15.1. The van der Waals surface area contributed by atoms with Crippen molar-refractivity contribution in [2.45, 2.75) is 12.8 Å². The van der Waals surface area contributed by atoms with Gasteiger partial charge in [0, 0.05) is 44.2 Å². The average molecular weight is 372 g/mol. The highest BCUT2D eigenvalue weighted by Gasteiger charge is 2.30. The van der Waals surface area contributed by atoms with Crippen molar-refractivity contribution in [3.63, 3.8) is 0 Å². The Bertz CT molecular complexity index is 892. The Morgan fingerprint density at radius 3 is 2.78 bits per heavy atom. The van der Waals surface area contributed by atoms with Gasteiger partial charge in [0.25, 0.3) is 5.69 Å². The molecule has 1 aromatic heterocycles. The van der Waals surface area contributed by atoms with Gasteiger partial charge in [0.05, 0.1) is 18.0 Å². The molecule has 0 saturated carbocycles. The third kappa shape index (κ3) is 3.67. The molecule has 142 valence electrons. The third-order valence-corrected chi connectivity index (χ3v) is 4.76. The summed E-state index contributed by atoms with van der Waals surface area (Å²) in [5.74, 6) is -0.815. The molecule has 0 aliphatic carbocycles. The minimum atomic E-state index is -0.508. The SMILES string of the molecule is COC(=O)[C@@H]1CCCN(c2ccc(C(=O)c3nccn3C)cc2[N+](=O)[O-])C1. The number of nitrogens with zero attached hydrogens (tertiary/aromatic N) is 4. The Balaban J connectivity index is 1.93. The van der Waals surface area contributed by atoms with Gasteiger partial charge in [-0.25, -0.2) is 4.98 Å². The predicted molar refractivity (Wildman–Crippen MR) is 96.7 cm³/mol. The summed E-state index contributed by atoms with van der Waals surface area (Å²) in [6, 6.07) is 4.39. The lowest BCUT2D eigenvalue weighted by Gasteiger charge is -2.32. The molecule has 27 heavy (non-hydrogen) atoms. The largest absolute Gasteiger partial charge is 0.469 e. The molecule has 0 N–H and O–H groups in total. The fraction of sp³-hybridized carbons (Fsp3) is 0.389. The van der Waals surface area contributed by atoms with E-state index in [1.807, 2.05) is 0 Å². The van der Waals surface area contributed by atoms with E-state index in [9.17, 15) is 19.7 Å². The number of ether oxygens (including phenoxy) is 1. The first kappa shape index (κ1) is 18.6. The molecule has 0 spiro atoms. The molecule has 9 nitrogen and oxygen atoms in total. The number of nitro groups is 1. The van der Waals surface area contributed by atoms with Crippen LogP contribution in [0.5, 0.6) is 0 Å². The lowest BCUT2D eigenvalue weighted by atomic mass is 9.97. The zero-order chi connectivity index (χ0) is 19.6. The minimum Gasteiger partial charge on any atom is -0.469 e. The van der Waals surface area contributed by atoms with Crippen molar-refractivity contribution in [3.05, 3.63) is 52.1 Å². The molecule has 0 amide bonds. The summed E-state index contributed by atoms with van der Waals surface area (Å²) in [6.07, 6.45) is 4.55. The Hall–Kier alpha value is -3.23. The molecule has 0 unspecified atom stereocenters. The molecule has 0 bridgehead atoms. The van der Waals surface area contributed by atoms with Crippen LogP contribution in [-0.4, -0.2) is 46.4 Å². The summed E-state index contributed by atoms with van der Waals surface area (Å²) in [7, 11) is 3.02. The molecule has 1 saturated heterocycles. The van der Waals surface area contributed by atoms with E-state index in [2.05, 4.69) is 4.98 Å². The van der Waals surface area contributed by atoms with E-state index in [4.69, 9.17) is 4.74 Å². The van der Waals surface area contributed by atoms with Crippen LogP contribution in [0.25, 0.3) is 0 Å². The van der Waals surface area contributed by atoms with Crippen LogP contribution in [0, 0.1) is 16.0 Å². The number of benzene rings is 1. The van der Waals surface area contributed by atoms with Gasteiger partial charge >= 0.3 is 5.97 Å². The lowest BCUT2D eigenvalue weighted by Crippen LogP contribution is -2.39. The van der Waals surface area contributed by atoms with Gasteiger partial charge in [-0.2, -0.15) is 0 Å². The highest BCUT2D eigenvalue weighted by Crippen LogP contribution is 2.33. The molecule has 9 heteroatoms. The zero-order valence-corrected chi connectivity index (χ0v) is 15.1. The van der Waals surface area contributed by atoms with Gasteiger partial charge in [-0.1, -0.05) is 0 Å². The number of piperidine rings is 1. The number of carbonyl (C=O) groups is 2. The molecule has 1 aliphatic rings. The maximum atomic E-state index is 12.6. The van der Waals surface area contributed by atoms with E-state index < -0.39 is 4.92 Å². The Morgan fingerprint density at radius 2 is 2.15 bits per heavy atom. The monoisotopic (exact) mass is 372 g/mol. The van der Waals surface area contributed by atoms with Crippen LogP contribution in [0.3, 0.4) is 0 Å². The maximum Gasteiger partial charge on any atom is 0.310 e. The Kier molecular flexibility index (Phi) is 5.20. The number of hydrogen-bond donors (Lipinski definition) is 0. The van der Waals surface area contributed by atoms with Gasteiger partial charge in [0.2, 0.25) is 5.78 Å². The number of aromatic nitrogens is 2. The summed E-state index contributed by atoms with van der Waals surface area (Å²) >= 11 is 0. The molecule has 3 rings (SSSR count). The third-order valence-electron chi connectivity index (χ3n) is 4.76. The predicted octanol–water partition coefficient (Wildman–Crippen LogP) is 1.95. The van der Waals surface area contributed by atoms with Gasteiger partial charge in [0.15, 0.2) is 5.82 Å². The van der Waals surface area contributed by atoms with Crippen molar-refractivity contribution in [3.8, 4) is 0 Å². The smallest absolute Gasteiger partial charge is 0.310 e. The van der Waals surface area contributed by atoms with E-state index in [1.54, 1.807) is 34.8 Å². The van der Waals surface area contributed by atoms with Crippen molar-refractivity contribution in [1.29, 1.82) is 0 Å². The number of anilines is 1. The topological polar surface area (TPSA) is 108 Å². The first-order chi connectivity index (χ1) is 12.9. The molecule has 0 radical (unpaired) electrons. The Morgan fingerprint density at radius 1 is 1.37 bits per heavy atom. The second-order valence-electron chi connectivity index (χ2n) is 6.46. The van der Waals surface area contributed by atoms with Crippen LogP contribution >= 0.6 is 0 Å². The maximum absolute atomic E-state index is 12.6. The van der Waals surface area contributed by atoms with E-state index in [1.165, 1.54) is 19.4 Å². The number of hydrogen-bond acceptors (Lipinski definition) is 7. The van der Waals surface area contributed by atoms with Crippen LogP contribution in [0.15, 0.2) is 30.6 Å². The van der Waals surface area contributed by atoms with Crippen LogP contribution < -0.4 is 4.90 Å². The highest BCUT2D eigenvalue weighted by atomic mass is 16.6. The van der Waals surface area contributed by atoms with E-state index in [-0.39, 0.29) is 34.7 Å². The fourth-order valence-corrected chi connectivity index (χ4v) is 3.35. The van der Waals surface area contributed by atoms with Gasteiger partial charge in [0.1, 0.15) is 5.69 Å². The molecule has 1 aromatic carbocycles. The number of rotatable bonds is 5. The van der Waals surface area contributed by atoms with Crippen molar-refractivity contribution in [2.75, 3.05) is 25.1 Å². The summed E-state index contributed by atoms with van der Waals surface area (Å²) in [6.45, 7) is 0.946. The van der Waals surface area contributed by atoms with Crippen LogP contribution in [-0.2, 0) is 16.6 Å². The number of methoxy groups -OCH3 is 1. The number of ketones is 1. The molecule has 1 fully saturated rings. The fourth-order valence-electron chi connectivity index (χ4n) is 3.35. The molecular weight excluding hydrogens is 352 g/mol. The summed E-state index contributed by atoms with van der Waals surface area (Å²) in [4.78, 5) is 41.3. The van der Waals surface area contributed by atoms with Crippen molar-refractivity contribution in [1.82, 2.24) is 9.55 Å². The van der Waals surface area contributed by atoms with E-state index in [0.29, 0.717) is 25.2 Å². The molecule has 2 aromatic rings. The minimum absolute atomic E-state index is 0.166. The quantitative estimate of drug-likeness (QED) is 0.342. The number of carbonyl (C=O) groups excluding carboxylic acids is 2. The second kappa shape index (κ2) is 7.56. The lowest BCUT2D eigenvalue weighted by molar-refractivity contribution is -0.384. The first-order valence-corrected chi connectivity index (χ1v) is 8.55. The van der Waals surface area contributed by atoms with Gasteiger partial charge in [-0.3, -0.25) is 19.7 Å². The average Bonchev–Trinajstić information content (AvgIpc) is 3.12. The van der Waals surface area contributed by atoms with E-state index >= 15 is 0 Å². The summed E-state index contributed by atoms with van der Waals surface area (Å²) in [5, 5.41) is 11.6.